The molecule has 3 aromatic rings. The Balaban J connectivity index is 1.38. The SMILES string of the molecule is Cc1ccc(COc2cn(CC(=O)N3CCN(c4ccccc4)CC3)c(C)cc2=O)cc1. The highest BCUT2D eigenvalue weighted by Crippen LogP contribution is 2.16. The molecule has 0 atom stereocenters. The van der Waals surface area contributed by atoms with E-state index in [0.717, 1.165) is 24.3 Å². The molecule has 2 aromatic carbocycles. The van der Waals surface area contributed by atoms with Crippen LogP contribution >= 0.6 is 0 Å². The summed E-state index contributed by atoms with van der Waals surface area (Å²) in [5.41, 5.74) is 3.93. The maximum Gasteiger partial charge on any atom is 0.242 e. The van der Waals surface area contributed by atoms with Crippen LogP contribution in [0.5, 0.6) is 5.75 Å². The van der Waals surface area contributed by atoms with Crippen LogP contribution in [0.2, 0.25) is 0 Å². The average Bonchev–Trinajstić information content (AvgIpc) is 2.82. The number of benzene rings is 2. The van der Waals surface area contributed by atoms with Gasteiger partial charge in [0.2, 0.25) is 11.3 Å². The van der Waals surface area contributed by atoms with Crippen molar-refractivity contribution in [1.29, 1.82) is 0 Å². The number of aromatic nitrogens is 1. The summed E-state index contributed by atoms with van der Waals surface area (Å²) in [5.74, 6) is 0.312. The molecule has 0 spiro atoms. The molecular formula is C26H29N3O3. The first kappa shape index (κ1) is 21.7. The highest BCUT2D eigenvalue weighted by molar-refractivity contribution is 5.76. The summed E-state index contributed by atoms with van der Waals surface area (Å²) in [6.07, 6.45) is 1.66. The van der Waals surface area contributed by atoms with E-state index >= 15 is 0 Å². The molecule has 4 rings (SSSR count). The van der Waals surface area contributed by atoms with E-state index in [-0.39, 0.29) is 23.6 Å². The first-order valence-electron chi connectivity index (χ1n) is 11.0. The zero-order chi connectivity index (χ0) is 22.5. The molecule has 0 bridgehead atoms. The van der Waals surface area contributed by atoms with Crippen LogP contribution in [0.3, 0.4) is 0 Å². The summed E-state index contributed by atoms with van der Waals surface area (Å²) in [6, 6.07) is 19.8. The molecule has 0 aliphatic carbocycles. The molecule has 1 fully saturated rings. The molecule has 0 saturated carbocycles. The molecule has 2 heterocycles. The van der Waals surface area contributed by atoms with Crippen molar-refractivity contribution in [2.75, 3.05) is 31.1 Å². The number of pyridine rings is 1. The highest BCUT2D eigenvalue weighted by Gasteiger charge is 2.22. The molecule has 1 saturated heterocycles. The number of aryl methyl sites for hydroxylation is 2. The Kier molecular flexibility index (Phi) is 6.59. The molecule has 32 heavy (non-hydrogen) atoms. The number of hydrogen-bond acceptors (Lipinski definition) is 4. The van der Waals surface area contributed by atoms with Gasteiger partial charge in [-0.05, 0) is 31.5 Å². The Labute approximate surface area is 188 Å². The lowest BCUT2D eigenvalue weighted by Crippen LogP contribution is -2.49. The maximum absolute atomic E-state index is 12.9. The van der Waals surface area contributed by atoms with Crippen LogP contribution in [-0.2, 0) is 17.9 Å². The van der Waals surface area contributed by atoms with Gasteiger partial charge in [0.05, 0.1) is 6.20 Å². The Hall–Kier alpha value is -3.54. The summed E-state index contributed by atoms with van der Waals surface area (Å²) < 4.78 is 7.59. The van der Waals surface area contributed by atoms with Crippen LogP contribution in [0.4, 0.5) is 5.69 Å². The summed E-state index contributed by atoms with van der Waals surface area (Å²) in [5, 5.41) is 0. The quantitative estimate of drug-likeness (QED) is 0.600. The van der Waals surface area contributed by atoms with Crippen molar-refractivity contribution in [1.82, 2.24) is 9.47 Å². The minimum absolute atomic E-state index is 0.0499. The lowest BCUT2D eigenvalue weighted by molar-refractivity contribution is -0.132. The summed E-state index contributed by atoms with van der Waals surface area (Å²) in [6.45, 7) is 7.36. The molecule has 0 N–H and O–H groups in total. The third kappa shape index (κ3) is 5.19. The van der Waals surface area contributed by atoms with E-state index < -0.39 is 0 Å². The Morgan fingerprint density at radius 3 is 2.31 bits per heavy atom. The van der Waals surface area contributed by atoms with E-state index in [2.05, 4.69) is 17.0 Å². The van der Waals surface area contributed by atoms with E-state index in [9.17, 15) is 9.59 Å². The number of carbonyl (C=O) groups excluding carboxylic acids is 1. The molecule has 6 nitrogen and oxygen atoms in total. The molecular weight excluding hydrogens is 402 g/mol. The Morgan fingerprint density at radius 1 is 0.938 bits per heavy atom. The predicted octanol–water partition coefficient (Wildman–Crippen LogP) is 3.39. The molecule has 1 aromatic heterocycles. The van der Waals surface area contributed by atoms with E-state index in [1.165, 1.54) is 17.3 Å². The van der Waals surface area contributed by atoms with Crippen molar-refractivity contribution >= 4 is 11.6 Å². The van der Waals surface area contributed by atoms with Gasteiger partial charge in [-0.25, -0.2) is 0 Å². The minimum atomic E-state index is -0.171. The van der Waals surface area contributed by atoms with Gasteiger partial charge in [0.1, 0.15) is 13.2 Å². The van der Waals surface area contributed by atoms with Gasteiger partial charge in [0.15, 0.2) is 5.75 Å². The smallest absolute Gasteiger partial charge is 0.242 e. The highest BCUT2D eigenvalue weighted by atomic mass is 16.5. The minimum Gasteiger partial charge on any atom is -0.483 e. The second-order valence-electron chi connectivity index (χ2n) is 8.25. The topological polar surface area (TPSA) is 54.8 Å². The number of nitrogens with zero attached hydrogens (tertiary/aromatic N) is 3. The van der Waals surface area contributed by atoms with Crippen LogP contribution in [0.25, 0.3) is 0 Å². The van der Waals surface area contributed by atoms with Crippen LogP contribution in [0.1, 0.15) is 16.8 Å². The molecule has 166 valence electrons. The van der Waals surface area contributed by atoms with E-state index in [1.54, 1.807) is 10.8 Å². The van der Waals surface area contributed by atoms with Gasteiger partial charge >= 0.3 is 0 Å². The Bertz CT molecular complexity index is 1120. The fourth-order valence-corrected chi connectivity index (χ4v) is 3.87. The number of carbonyl (C=O) groups is 1. The number of anilines is 1. The van der Waals surface area contributed by atoms with Gasteiger partial charge in [-0.15, -0.1) is 0 Å². The molecule has 0 radical (unpaired) electrons. The van der Waals surface area contributed by atoms with Crippen LogP contribution in [-0.4, -0.2) is 41.6 Å². The van der Waals surface area contributed by atoms with E-state index in [4.69, 9.17) is 4.74 Å². The molecule has 6 heteroatoms. The first-order valence-corrected chi connectivity index (χ1v) is 11.0. The van der Waals surface area contributed by atoms with Gasteiger partial charge in [-0.2, -0.15) is 0 Å². The van der Waals surface area contributed by atoms with Crippen molar-refractivity contribution < 1.29 is 9.53 Å². The molecule has 1 amide bonds. The second kappa shape index (κ2) is 9.73. The van der Waals surface area contributed by atoms with Crippen molar-refractivity contribution in [2.45, 2.75) is 27.0 Å². The first-order chi connectivity index (χ1) is 15.5. The summed E-state index contributed by atoms with van der Waals surface area (Å²) >= 11 is 0. The van der Waals surface area contributed by atoms with Crippen LogP contribution < -0.4 is 15.1 Å². The zero-order valence-corrected chi connectivity index (χ0v) is 18.7. The monoisotopic (exact) mass is 431 g/mol. The van der Waals surface area contributed by atoms with Crippen LogP contribution in [0.15, 0.2) is 71.7 Å². The maximum atomic E-state index is 12.9. The standard InChI is InChI=1S/C26H29N3O3/c1-20-8-10-22(11-9-20)19-32-25-17-29(21(2)16-24(25)30)18-26(31)28-14-12-27(13-15-28)23-6-4-3-5-7-23/h3-11,16-17H,12-15,18-19H2,1-2H3. The summed E-state index contributed by atoms with van der Waals surface area (Å²) in [7, 11) is 0. The number of piperazine rings is 1. The molecule has 1 aliphatic rings. The number of rotatable bonds is 6. The van der Waals surface area contributed by atoms with E-state index in [0.29, 0.717) is 19.7 Å². The fourth-order valence-electron chi connectivity index (χ4n) is 3.87. The van der Waals surface area contributed by atoms with Crippen molar-refractivity contribution in [3.8, 4) is 5.75 Å². The van der Waals surface area contributed by atoms with Crippen LogP contribution in [0, 0.1) is 13.8 Å². The average molecular weight is 432 g/mol. The van der Waals surface area contributed by atoms with Crippen molar-refractivity contribution in [3.63, 3.8) is 0 Å². The van der Waals surface area contributed by atoms with Gasteiger partial charge in [0, 0.05) is 43.6 Å². The third-order valence-electron chi connectivity index (χ3n) is 5.88. The van der Waals surface area contributed by atoms with Gasteiger partial charge in [0.25, 0.3) is 0 Å². The zero-order valence-electron chi connectivity index (χ0n) is 18.7. The number of hydrogen-bond donors (Lipinski definition) is 0. The van der Waals surface area contributed by atoms with Gasteiger partial charge in [-0.3, -0.25) is 9.59 Å². The van der Waals surface area contributed by atoms with Crippen molar-refractivity contribution in [3.05, 3.63) is 93.9 Å². The lowest BCUT2D eigenvalue weighted by Gasteiger charge is -2.36. The van der Waals surface area contributed by atoms with E-state index in [1.807, 2.05) is 61.2 Å². The number of ether oxygens (including phenoxy) is 1. The Morgan fingerprint density at radius 2 is 1.62 bits per heavy atom. The number of amides is 1. The third-order valence-corrected chi connectivity index (χ3v) is 5.88. The fraction of sp³-hybridized carbons (Fsp3) is 0.308. The second-order valence-corrected chi connectivity index (χ2v) is 8.25. The van der Waals surface area contributed by atoms with Gasteiger partial charge in [-0.1, -0.05) is 48.0 Å². The predicted molar refractivity (Wildman–Crippen MR) is 126 cm³/mol. The summed E-state index contributed by atoms with van der Waals surface area (Å²) in [4.78, 5) is 29.5. The molecule has 0 unspecified atom stereocenters. The normalized spacial score (nSPS) is 13.8. The number of para-hydroxylation sites is 1. The van der Waals surface area contributed by atoms with Crippen molar-refractivity contribution in [2.24, 2.45) is 0 Å². The lowest BCUT2D eigenvalue weighted by atomic mass is 10.2. The van der Waals surface area contributed by atoms with Gasteiger partial charge < -0.3 is 19.1 Å². The molecule has 1 aliphatic heterocycles. The largest absolute Gasteiger partial charge is 0.483 e.